The Bertz CT molecular complexity index is 526. The van der Waals surface area contributed by atoms with E-state index in [1.807, 2.05) is 0 Å². The molecule has 7 heteroatoms. The first-order chi connectivity index (χ1) is 8.33. The lowest BCUT2D eigenvalue weighted by atomic mass is 10.2. The smallest absolute Gasteiger partial charge is 0.251 e. The van der Waals surface area contributed by atoms with Crippen LogP contribution in [-0.4, -0.2) is 45.0 Å². The number of carbonyl (C=O) groups is 1. The summed E-state index contributed by atoms with van der Waals surface area (Å²) in [4.78, 5) is 11.7. The number of nitrogens with two attached hydrogens (primary N) is 1. The molecule has 0 bridgehead atoms. The summed E-state index contributed by atoms with van der Waals surface area (Å²) in [5.41, 5.74) is 6.46. The third-order valence-corrected chi connectivity index (χ3v) is 4.18. The lowest BCUT2D eigenvalue weighted by Crippen LogP contribution is -2.33. The molecule has 6 nitrogen and oxygen atoms in total. The molecule has 0 fully saturated rings. The van der Waals surface area contributed by atoms with Crippen molar-refractivity contribution in [1.29, 1.82) is 0 Å². The minimum Gasteiger partial charge on any atom is -0.399 e. The van der Waals surface area contributed by atoms with Crippen LogP contribution in [0.5, 0.6) is 0 Å². The van der Waals surface area contributed by atoms with Gasteiger partial charge in [-0.25, -0.2) is 12.7 Å². The highest BCUT2D eigenvalue weighted by Gasteiger charge is 2.14. The maximum atomic E-state index is 11.7. The lowest BCUT2D eigenvalue weighted by Gasteiger charge is -2.11. The number of carbonyl (C=O) groups excluding carboxylic acids is 1. The fourth-order valence-corrected chi connectivity index (χ4v) is 1.98. The Balaban J connectivity index is 2.53. The molecule has 0 radical (unpaired) electrons. The van der Waals surface area contributed by atoms with Gasteiger partial charge in [0, 0.05) is 31.9 Å². The van der Waals surface area contributed by atoms with Crippen molar-refractivity contribution in [2.24, 2.45) is 0 Å². The van der Waals surface area contributed by atoms with Gasteiger partial charge in [0.2, 0.25) is 10.0 Å². The van der Waals surface area contributed by atoms with Crippen LogP contribution in [0.15, 0.2) is 24.3 Å². The second-order valence-corrected chi connectivity index (χ2v) is 6.28. The average molecular weight is 271 g/mol. The van der Waals surface area contributed by atoms with E-state index in [0.717, 1.165) is 4.31 Å². The summed E-state index contributed by atoms with van der Waals surface area (Å²) in [6, 6.07) is 6.50. The number of sulfonamides is 1. The second-order valence-electron chi connectivity index (χ2n) is 3.98. The Morgan fingerprint density at radius 1 is 1.39 bits per heavy atom. The van der Waals surface area contributed by atoms with E-state index in [2.05, 4.69) is 5.32 Å². The molecule has 0 heterocycles. The highest BCUT2D eigenvalue weighted by atomic mass is 32.2. The van der Waals surface area contributed by atoms with E-state index >= 15 is 0 Å². The van der Waals surface area contributed by atoms with Crippen molar-refractivity contribution in [1.82, 2.24) is 9.62 Å². The second kappa shape index (κ2) is 5.83. The Labute approximate surface area is 107 Å². The van der Waals surface area contributed by atoms with Crippen LogP contribution in [0.25, 0.3) is 0 Å². The number of hydrogen-bond donors (Lipinski definition) is 2. The molecule has 0 atom stereocenters. The number of rotatable bonds is 5. The van der Waals surface area contributed by atoms with Gasteiger partial charge in [0.25, 0.3) is 5.91 Å². The Kier molecular flexibility index (Phi) is 4.69. The van der Waals surface area contributed by atoms with E-state index in [-0.39, 0.29) is 18.2 Å². The van der Waals surface area contributed by atoms with Crippen LogP contribution in [0.1, 0.15) is 10.4 Å². The molecule has 0 aromatic heterocycles. The van der Waals surface area contributed by atoms with Gasteiger partial charge < -0.3 is 11.1 Å². The lowest BCUT2D eigenvalue weighted by molar-refractivity contribution is 0.0956. The molecule has 1 aromatic rings. The molecular weight excluding hydrogens is 254 g/mol. The van der Waals surface area contributed by atoms with Crippen molar-refractivity contribution in [2.75, 3.05) is 32.1 Å². The molecule has 0 aliphatic heterocycles. The van der Waals surface area contributed by atoms with Crippen LogP contribution in [-0.2, 0) is 10.0 Å². The summed E-state index contributed by atoms with van der Waals surface area (Å²) in [7, 11) is -0.383. The molecule has 1 aromatic carbocycles. The Morgan fingerprint density at radius 2 is 2.06 bits per heavy atom. The molecule has 0 saturated carbocycles. The first-order valence-electron chi connectivity index (χ1n) is 5.37. The fraction of sp³-hybridized carbons (Fsp3) is 0.364. The topological polar surface area (TPSA) is 92.5 Å². The number of amides is 1. The molecule has 0 aliphatic carbocycles. The molecule has 1 rings (SSSR count). The van der Waals surface area contributed by atoms with Gasteiger partial charge in [-0.15, -0.1) is 0 Å². The van der Waals surface area contributed by atoms with Gasteiger partial charge in [-0.05, 0) is 18.2 Å². The highest BCUT2D eigenvalue weighted by molar-refractivity contribution is 7.89. The number of benzene rings is 1. The van der Waals surface area contributed by atoms with Crippen molar-refractivity contribution in [3.05, 3.63) is 29.8 Å². The van der Waals surface area contributed by atoms with Gasteiger partial charge >= 0.3 is 0 Å². The summed E-state index contributed by atoms with van der Waals surface area (Å²) >= 11 is 0. The van der Waals surface area contributed by atoms with Gasteiger partial charge in [-0.2, -0.15) is 0 Å². The quantitative estimate of drug-likeness (QED) is 0.731. The molecule has 0 unspecified atom stereocenters. The summed E-state index contributed by atoms with van der Waals surface area (Å²) in [5, 5.41) is 2.54. The van der Waals surface area contributed by atoms with Crippen molar-refractivity contribution in [2.45, 2.75) is 0 Å². The van der Waals surface area contributed by atoms with E-state index in [9.17, 15) is 13.2 Å². The molecule has 100 valence electrons. The van der Waals surface area contributed by atoms with Gasteiger partial charge in [0.1, 0.15) is 0 Å². The summed E-state index contributed by atoms with van der Waals surface area (Å²) in [6.07, 6.45) is 0. The summed E-state index contributed by atoms with van der Waals surface area (Å²) in [6.45, 7) is 0.0636. The predicted molar refractivity (Wildman–Crippen MR) is 70.7 cm³/mol. The number of anilines is 1. The van der Waals surface area contributed by atoms with E-state index in [1.165, 1.54) is 20.2 Å². The third kappa shape index (κ3) is 4.01. The maximum Gasteiger partial charge on any atom is 0.251 e. The number of hydrogen-bond acceptors (Lipinski definition) is 4. The average Bonchev–Trinajstić information content (AvgIpc) is 2.28. The zero-order chi connectivity index (χ0) is 13.8. The molecule has 18 heavy (non-hydrogen) atoms. The van der Waals surface area contributed by atoms with Crippen LogP contribution >= 0.6 is 0 Å². The van der Waals surface area contributed by atoms with Crippen LogP contribution < -0.4 is 11.1 Å². The van der Waals surface area contributed by atoms with Gasteiger partial charge in [0.05, 0.1) is 5.75 Å². The zero-order valence-corrected chi connectivity index (χ0v) is 11.2. The fourth-order valence-electron chi connectivity index (χ4n) is 1.26. The number of nitrogens with one attached hydrogen (secondary N) is 1. The standard InChI is InChI=1S/C11H17N3O3S/c1-14(2)18(16,17)7-6-13-11(15)9-4-3-5-10(12)8-9/h3-5,8H,6-7,12H2,1-2H3,(H,13,15). The molecule has 3 N–H and O–H groups in total. The minimum absolute atomic E-state index is 0.0636. The van der Waals surface area contributed by atoms with Crippen LogP contribution in [0.4, 0.5) is 5.69 Å². The van der Waals surface area contributed by atoms with Gasteiger partial charge in [-0.1, -0.05) is 6.07 Å². The molecular formula is C11H17N3O3S. The minimum atomic E-state index is -3.29. The maximum absolute atomic E-state index is 11.7. The first kappa shape index (κ1) is 14.5. The van der Waals surface area contributed by atoms with E-state index in [4.69, 9.17) is 5.73 Å². The summed E-state index contributed by atoms with van der Waals surface area (Å²) in [5.74, 6) is -0.468. The molecule has 0 aliphatic rings. The van der Waals surface area contributed by atoms with Crippen molar-refractivity contribution in [3.63, 3.8) is 0 Å². The molecule has 0 spiro atoms. The van der Waals surface area contributed by atoms with Crippen LogP contribution in [0.2, 0.25) is 0 Å². The first-order valence-corrected chi connectivity index (χ1v) is 6.98. The normalized spacial score (nSPS) is 11.5. The summed E-state index contributed by atoms with van der Waals surface area (Å²) < 4.78 is 24.0. The highest BCUT2D eigenvalue weighted by Crippen LogP contribution is 2.06. The van der Waals surface area contributed by atoms with Gasteiger partial charge in [-0.3, -0.25) is 4.79 Å². The van der Waals surface area contributed by atoms with E-state index < -0.39 is 10.0 Å². The molecule has 1 amide bonds. The number of nitrogens with zero attached hydrogens (tertiary/aromatic N) is 1. The van der Waals surface area contributed by atoms with E-state index in [1.54, 1.807) is 18.2 Å². The number of nitrogen functional groups attached to an aromatic ring is 1. The predicted octanol–water partition coefficient (Wildman–Crippen LogP) is -0.110. The third-order valence-electron chi connectivity index (χ3n) is 2.35. The largest absolute Gasteiger partial charge is 0.399 e. The van der Waals surface area contributed by atoms with Crippen molar-refractivity contribution < 1.29 is 13.2 Å². The Hall–Kier alpha value is -1.60. The Morgan fingerprint density at radius 3 is 2.61 bits per heavy atom. The monoisotopic (exact) mass is 271 g/mol. The van der Waals surface area contributed by atoms with Crippen LogP contribution in [0, 0.1) is 0 Å². The SMILES string of the molecule is CN(C)S(=O)(=O)CCNC(=O)c1cccc(N)c1. The van der Waals surface area contributed by atoms with Crippen molar-refractivity contribution >= 4 is 21.6 Å². The molecule has 0 saturated heterocycles. The van der Waals surface area contributed by atoms with E-state index in [0.29, 0.717) is 11.3 Å². The zero-order valence-electron chi connectivity index (χ0n) is 10.4. The van der Waals surface area contributed by atoms with Crippen LogP contribution in [0.3, 0.4) is 0 Å². The van der Waals surface area contributed by atoms with Gasteiger partial charge in [0.15, 0.2) is 0 Å². The van der Waals surface area contributed by atoms with Crippen molar-refractivity contribution in [3.8, 4) is 0 Å².